The van der Waals surface area contributed by atoms with E-state index in [1.54, 1.807) is 0 Å². The molecule has 2 rings (SSSR count). The number of aromatic hydroxyl groups is 2. The summed E-state index contributed by atoms with van der Waals surface area (Å²) < 4.78 is 0. The van der Waals surface area contributed by atoms with E-state index in [1.807, 2.05) is 24.3 Å². The number of carbonyl (C=O) groups excluding carboxylic acids is 1. The van der Waals surface area contributed by atoms with E-state index in [0.717, 1.165) is 30.4 Å². The molecule has 2 aromatic rings. The minimum absolute atomic E-state index is 0.0434. The number of rotatable bonds is 6. The van der Waals surface area contributed by atoms with E-state index >= 15 is 0 Å². The van der Waals surface area contributed by atoms with Gasteiger partial charge in [-0.3, -0.25) is 4.79 Å². The Hall–Kier alpha value is -3.02. The smallest absolute Gasteiger partial charge is 0.275 e. The normalized spacial score (nSPS) is 10.8. The fraction of sp³-hybridized carbons (Fsp3) is 0.222. The van der Waals surface area contributed by atoms with E-state index < -0.39 is 5.91 Å². The Balaban J connectivity index is 1.99. The molecule has 0 aliphatic heterocycles. The Kier molecular flexibility index (Phi) is 5.78. The Morgan fingerprint density at radius 3 is 2.38 bits per heavy atom. The van der Waals surface area contributed by atoms with Crippen molar-refractivity contribution in [1.29, 1.82) is 0 Å². The number of hydrogen-bond acceptors (Lipinski definition) is 5. The Morgan fingerprint density at radius 1 is 1.12 bits per heavy atom. The number of nitrogens with one attached hydrogen (secondary N) is 1. The first-order chi connectivity index (χ1) is 11.5. The van der Waals surface area contributed by atoms with Crippen molar-refractivity contribution >= 4 is 17.8 Å². The molecule has 126 valence electrons. The average Bonchev–Trinajstić information content (AvgIpc) is 2.57. The van der Waals surface area contributed by atoms with E-state index in [0.29, 0.717) is 0 Å². The number of phenols is 2. The lowest BCUT2D eigenvalue weighted by Gasteiger charge is -2.20. The summed E-state index contributed by atoms with van der Waals surface area (Å²) in [7, 11) is 0. The summed E-state index contributed by atoms with van der Waals surface area (Å²) in [5.41, 5.74) is 4.37. The zero-order valence-corrected chi connectivity index (χ0v) is 13.7. The van der Waals surface area contributed by atoms with Gasteiger partial charge in [0.05, 0.1) is 11.8 Å². The van der Waals surface area contributed by atoms with Gasteiger partial charge in [-0.05, 0) is 43.7 Å². The Morgan fingerprint density at radius 2 is 1.79 bits per heavy atom. The van der Waals surface area contributed by atoms with Crippen LogP contribution in [0.5, 0.6) is 11.5 Å². The van der Waals surface area contributed by atoms with Gasteiger partial charge in [-0.25, -0.2) is 5.43 Å². The van der Waals surface area contributed by atoms with Crippen molar-refractivity contribution in [2.24, 2.45) is 5.10 Å². The molecule has 6 nitrogen and oxygen atoms in total. The van der Waals surface area contributed by atoms with Gasteiger partial charge in [0.25, 0.3) is 5.91 Å². The molecule has 0 aromatic heterocycles. The van der Waals surface area contributed by atoms with Crippen LogP contribution in [0.4, 0.5) is 5.69 Å². The first kappa shape index (κ1) is 17.3. The van der Waals surface area contributed by atoms with Crippen LogP contribution in [0, 0.1) is 0 Å². The second-order valence-electron chi connectivity index (χ2n) is 5.16. The molecule has 24 heavy (non-hydrogen) atoms. The Labute approximate surface area is 141 Å². The van der Waals surface area contributed by atoms with E-state index in [2.05, 4.69) is 29.3 Å². The molecule has 2 aromatic carbocycles. The lowest BCUT2D eigenvalue weighted by molar-refractivity contribution is 0.0952. The first-order valence-corrected chi connectivity index (χ1v) is 7.75. The number of amides is 1. The van der Waals surface area contributed by atoms with Crippen LogP contribution in [0.15, 0.2) is 47.6 Å². The van der Waals surface area contributed by atoms with E-state index in [4.69, 9.17) is 0 Å². The number of hydrazone groups is 1. The highest BCUT2D eigenvalue weighted by molar-refractivity contribution is 5.97. The van der Waals surface area contributed by atoms with Crippen LogP contribution in [0.1, 0.15) is 29.8 Å². The van der Waals surface area contributed by atoms with Crippen LogP contribution in [0.25, 0.3) is 0 Å². The molecular weight excluding hydrogens is 306 g/mol. The van der Waals surface area contributed by atoms with Crippen molar-refractivity contribution in [3.8, 4) is 11.5 Å². The largest absolute Gasteiger partial charge is 0.508 e. The zero-order valence-electron chi connectivity index (χ0n) is 13.7. The van der Waals surface area contributed by atoms with Crippen LogP contribution in [-0.2, 0) is 0 Å². The van der Waals surface area contributed by atoms with Gasteiger partial charge in [0.15, 0.2) is 0 Å². The van der Waals surface area contributed by atoms with Gasteiger partial charge in [-0.15, -0.1) is 0 Å². The highest BCUT2D eigenvalue weighted by Gasteiger charge is 2.10. The van der Waals surface area contributed by atoms with Crippen molar-refractivity contribution < 1.29 is 15.0 Å². The molecule has 0 bridgehead atoms. The summed E-state index contributed by atoms with van der Waals surface area (Å²) in [6.45, 7) is 6.09. The topological polar surface area (TPSA) is 85.2 Å². The van der Waals surface area contributed by atoms with E-state index in [-0.39, 0.29) is 17.1 Å². The molecule has 3 N–H and O–H groups in total. The number of phenolic OH excluding ortho intramolecular Hbond substituents is 2. The summed E-state index contributed by atoms with van der Waals surface area (Å²) in [5.74, 6) is -0.962. The number of nitrogens with zero attached hydrogens (tertiary/aromatic N) is 2. The lowest BCUT2D eigenvalue weighted by atomic mass is 10.2. The van der Waals surface area contributed by atoms with Gasteiger partial charge in [0, 0.05) is 24.8 Å². The van der Waals surface area contributed by atoms with Crippen molar-refractivity contribution in [3.63, 3.8) is 0 Å². The van der Waals surface area contributed by atoms with Crippen LogP contribution < -0.4 is 10.3 Å². The van der Waals surface area contributed by atoms with Gasteiger partial charge < -0.3 is 15.1 Å². The van der Waals surface area contributed by atoms with Gasteiger partial charge in [-0.1, -0.05) is 12.1 Å². The monoisotopic (exact) mass is 327 g/mol. The number of benzene rings is 2. The second kappa shape index (κ2) is 8.01. The fourth-order valence-electron chi connectivity index (χ4n) is 2.30. The van der Waals surface area contributed by atoms with Crippen LogP contribution in [0.2, 0.25) is 0 Å². The molecule has 0 atom stereocenters. The predicted octanol–water partition coefficient (Wildman–Crippen LogP) is 2.71. The van der Waals surface area contributed by atoms with Crippen LogP contribution in [-0.4, -0.2) is 35.4 Å². The summed E-state index contributed by atoms with van der Waals surface area (Å²) >= 11 is 0. The highest BCUT2D eigenvalue weighted by Crippen LogP contribution is 2.22. The molecule has 0 saturated carbocycles. The quantitative estimate of drug-likeness (QED) is 0.562. The number of carbonyl (C=O) groups is 1. The minimum atomic E-state index is -0.552. The fourth-order valence-corrected chi connectivity index (χ4v) is 2.30. The van der Waals surface area contributed by atoms with Crippen molar-refractivity contribution in [2.75, 3.05) is 18.0 Å². The maximum Gasteiger partial charge on any atom is 0.275 e. The van der Waals surface area contributed by atoms with Gasteiger partial charge in [-0.2, -0.15) is 5.10 Å². The first-order valence-electron chi connectivity index (χ1n) is 7.75. The van der Waals surface area contributed by atoms with Crippen LogP contribution >= 0.6 is 0 Å². The van der Waals surface area contributed by atoms with Gasteiger partial charge in [0.2, 0.25) is 0 Å². The second-order valence-corrected chi connectivity index (χ2v) is 5.16. The summed E-state index contributed by atoms with van der Waals surface area (Å²) in [6.07, 6.45) is 1.53. The molecule has 0 unspecified atom stereocenters. The molecule has 0 saturated heterocycles. The summed E-state index contributed by atoms with van der Waals surface area (Å²) in [4.78, 5) is 14.1. The predicted molar refractivity (Wildman–Crippen MR) is 94.8 cm³/mol. The summed E-state index contributed by atoms with van der Waals surface area (Å²) in [6, 6.07) is 11.6. The minimum Gasteiger partial charge on any atom is -0.508 e. The lowest BCUT2D eigenvalue weighted by Crippen LogP contribution is -2.21. The average molecular weight is 327 g/mol. The van der Waals surface area contributed by atoms with Crippen molar-refractivity contribution in [1.82, 2.24) is 5.43 Å². The zero-order chi connectivity index (χ0) is 17.5. The molecule has 0 aliphatic rings. The van der Waals surface area contributed by atoms with Crippen molar-refractivity contribution in [3.05, 3.63) is 53.6 Å². The number of hydrogen-bond donors (Lipinski definition) is 3. The van der Waals surface area contributed by atoms with E-state index in [9.17, 15) is 15.0 Å². The molecule has 0 heterocycles. The standard InChI is InChI=1S/C18H21N3O3/c1-3-21(4-2)14-7-5-13(6-8-14)12-19-20-18(24)16-10-9-15(22)11-17(16)23/h5-12,22-23H,3-4H2,1-2H3,(H,20,24)/b19-12-. The molecule has 0 aliphatic carbocycles. The molecule has 1 amide bonds. The van der Waals surface area contributed by atoms with Crippen LogP contribution in [0.3, 0.4) is 0 Å². The van der Waals surface area contributed by atoms with Crippen molar-refractivity contribution in [2.45, 2.75) is 13.8 Å². The molecule has 0 fully saturated rings. The Bertz CT molecular complexity index is 723. The molecule has 0 spiro atoms. The highest BCUT2D eigenvalue weighted by atomic mass is 16.3. The van der Waals surface area contributed by atoms with E-state index in [1.165, 1.54) is 18.3 Å². The third-order valence-electron chi connectivity index (χ3n) is 3.63. The molecular formula is C18H21N3O3. The SMILES string of the molecule is CCN(CC)c1ccc(/C=N\NC(=O)c2ccc(O)cc2O)cc1. The third kappa shape index (κ3) is 4.25. The molecule has 6 heteroatoms. The molecule has 0 radical (unpaired) electrons. The summed E-state index contributed by atoms with van der Waals surface area (Å²) in [5, 5.41) is 22.7. The maximum absolute atomic E-state index is 11.9. The van der Waals surface area contributed by atoms with Gasteiger partial charge in [0.1, 0.15) is 11.5 Å². The number of anilines is 1. The third-order valence-corrected chi connectivity index (χ3v) is 3.63. The maximum atomic E-state index is 11.9. The van der Waals surface area contributed by atoms with Gasteiger partial charge >= 0.3 is 0 Å².